The average molecular weight is 168 g/mol. The number of nitrogens with zero attached hydrogens (tertiary/aromatic N) is 1. The molecule has 1 aliphatic heterocycles. The molecule has 1 fully saturated rings. The number of likely N-dealkylation sites (tertiary alicyclic amines) is 1. The van der Waals surface area contributed by atoms with Gasteiger partial charge in [0.05, 0.1) is 0 Å². The Morgan fingerprint density at radius 1 is 1.58 bits per heavy atom. The summed E-state index contributed by atoms with van der Waals surface area (Å²) in [6.45, 7) is 6.51. The van der Waals surface area contributed by atoms with Crippen LogP contribution in [0.15, 0.2) is 11.8 Å². The van der Waals surface area contributed by atoms with Crippen molar-refractivity contribution in [3.8, 4) is 0 Å². The minimum absolute atomic E-state index is 0.650. The van der Waals surface area contributed by atoms with Crippen LogP contribution in [0.2, 0.25) is 0 Å². The predicted octanol–water partition coefficient (Wildman–Crippen LogP) is 1.72. The molecule has 0 atom stereocenters. The van der Waals surface area contributed by atoms with Crippen molar-refractivity contribution in [3.63, 3.8) is 0 Å². The molecule has 0 aromatic rings. The zero-order chi connectivity index (χ0) is 8.97. The molecular weight excluding hydrogens is 148 g/mol. The maximum Gasteiger partial charge on any atom is 0.0230 e. The van der Waals surface area contributed by atoms with E-state index in [4.69, 9.17) is 5.73 Å². The fraction of sp³-hybridized carbons (Fsp3) is 0.800. The Morgan fingerprint density at radius 2 is 2.33 bits per heavy atom. The molecule has 1 rings (SSSR count). The Kier molecular flexibility index (Phi) is 3.60. The fourth-order valence-electron chi connectivity index (χ4n) is 1.78. The Hall–Kier alpha value is -0.500. The van der Waals surface area contributed by atoms with Crippen LogP contribution in [0, 0.1) is 0 Å². The van der Waals surface area contributed by atoms with Gasteiger partial charge in [0, 0.05) is 18.3 Å². The summed E-state index contributed by atoms with van der Waals surface area (Å²) in [6, 6.07) is 0.650. The van der Waals surface area contributed by atoms with Crippen molar-refractivity contribution in [2.75, 3.05) is 13.1 Å². The zero-order valence-corrected chi connectivity index (χ0v) is 8.21. The molecule has 0 bridgehead atoms. The lowest BCUT2D eigenvalue weighted by atomic mass is 10.2. The van der Waals surface area contributed by atoms with Crippen molar-refractivity contribution >= 4 is 0 Å². The second-order valence-corrected chi connectivity index (χ2v) is 3.66. The van der Waals surface area contributed by atoms with E-state index in [2.05, 4.69) is 24.8 Å². The maximum absolute atomic E-state index is 5.47. The summed E-state index contributed by atoms with van der Waals surface area (Å²) in [4.78, 5) is 2.48. The van der Waals surface area contributed by atoms with Gasteiger partial charge in [0.15, 0.2) is 0 Å². The van der Waals surface area contributed by atoms with E-state index in [1.807, 2.05) is 0 Å². The molecule has 1 saturated heterocycles. The van der Waals surface area contributed by atoms with Crippen LogP contribution in [-0.4, -0.2) is 24.0 Å². The van der Waals surface area contributed by atoms with Gasteiger partial charge in [-0.05, 0) is 39.7 Å². The first-order chi connectivity index (χ1) is 5.75. The molecule has 2 N–H and O–H groups in total. The van der Waals surface area contributed by atoms with E-state index in [1.54, 1.807) is 0 Å². The van der Waals surface area contributed by atoms with Gasteiger partial charge in [-0.2, -0.15) is 0 Å². The largest absolute Gasteiger partial charge is 0.373 e. The first kappa shape index (κ1) is 9.59. The lowest BCUT2D eigenvalue weighted by molar-refractivity contribution is 0.322. The lowest BCUT2D eigenvalue weighted by Gasteiger charge is -2.24. The maximum atomic E-state index is 5.47. The van der Waals surface area contributed by atoms with Gasteiger partial charge in [-0.1, -0.05) is 6.08 Å². The molecule has 0 unspecified atom stereocenters. The molecule has 0 spiro atoms. The Morgan fingerprint density at radius 3 is 2.92 bits per heavy atom. The molecule has 0 amide bonds. The molecule has 2 nitrogen and oxygen atoms in total. The van der Waals surface area contributed by atoms with Gasteiger partial charge in [0.2, 0.25) is 0 Å². The van der Waals surface area contributed by atoms with Gasteiger partial charge in [-0.3, -0.25) is 0 Å². The third kappa shape index (κ3) is 2.24. The molecule has 1 aliphatic rings. The van der Waals surface area contributed by atoms with Crippen LogP contribution in [0.3, 0.4) is 0 Å². The molecule has 2 heteroatoms. The SMILES string of the molecule is CC(C)N1CCC/C1=C\CCN. The first-order valence-corrected chi connectivity index (χ1v) is 4.91. The van der Waals surface area contributed by atoms with Crippen molar-refractivity contribution in [2.45, 2.75) is 39.2 Å². The second-order valence-electron chi connectivity index (χ2n) is 3.66. The third-order valence-electron chi connectivity index (χ3n) is 2.37. The number of hydrogen-bond donors (Lipinski definition) is 1. The topological polar surface area (TPSA) is 29.3 Å². The summed E-state index contributed by atoms with van der Waals surface area (Å²) in [7, 11) is 0. The van der Waals surface area contributed by atoms with Crippen molar-refractivity contribution in [1.29, 1.82) is 0 Å². The highest BCUT2D eigenvalue weighted by Gasteiger charge is 2.18. The van der Waals surface area contributed by atoms with E-state index in [0.717, 1.165) is 13.0 Å². The molecule has 0 saturated carbocycles. The molecule has 0 aliphatic carbocycles. The van der Waals surface area contributed by atoms with Crippen LogP contribution in [0.25, 0.3) is 0 Å². The minimum Gasteiger partial charge on any atom is -0.373 e. The fourth-order valence-corrected chi connectivity index (χ4v) is 1.78. The van der Waals surface area contributed by atoms with E-state index < -0.39 is 0 Å². The third-order valence-corrected chi connectivity index (χ3v) is 2.37. The molecule has 70 valence electrons. The minimum atomic E-state index is 0.650. The summed E-state index contributed by atoms with van der Waals surface area (Å²) in [5.41, 5.74) is 6.97. The van der Waals surface area contributed by atoms with Crippen LogP contribution < -0.4 is 5.73 Å². The van der Waals surface area contributed by atoms with Gasteiger partial charge in [-0.25, -0.2) is 0 Å². The van der Waals surface area contributed by atoms with Crippen LogP contribution in [0.5, 0.6) is 0 Å². The summed E-state index contributed by atoms with van der Waals surface area (Å²) in [5.74, 6) is 0. The molecule has 0 aromatic heterocycles. The van der Waals surface area contributed by atoms with Gasteiger partial charge in [0.25, 0.3) is 0 Å². The highest BCUT2D eigenvalue weighted by atomic mass is 15.2. The Balaban J connectivity index is 2.51. The van der Waals surface area contributed by atoms with Crippen LogP contribution in [0.1, 0.15) is 33.1 Å². The normalized spacial score (nSPS) is 21.3. The smallest absolute Gasteiger partial charge is 0.0230 e. The van der Waals surface area contributed by atoms with Crippen LogP contribution in [-0.2, 0) is 0 Å². The summed E-state index contributed by atoms with van der Waals surface area (Å²) < 4.78 is 0. The number of hydrogen-bond acceptors (Lipinski definition) is 2. The second kappa shape index (κ2) is 4.51. The van der Waals surface area contributed by atoms with Crippen molar-refractivity contribution < 1.29 is 0 Å². The van der Waals surface area contributed by atoms with Gasteiger partial charge < -0.3 is 10.6 Å². The summed E-state index contributed by atoms with van der Waals surface area (Å²) >= 11 is 0. The van der Waals surface area contributed by atoms with E-state index in [1.165, 1.54) is 25.1 Å². The van der Waals surface area contributed by atoms with E-state index in [9.17, 15) is 0 Å². The van der Waals surface area contributed by atoms with Gasteiger partial charge >= 0.3 is 0 Å². The highest BCUT2D eigenvalue weighted by Crippen LogP contribution is 2.23. The number of rotatable bonds is 3. The van der Waals surface area contributed by atoms with E-state index >= 15 is 0 Å². The molecule has 0 radical (unpaired) electrons. The lowest BCUT2D eigenvalue weighted by Crippen LogP contribution is -2.25. The van der Waals surface area contributed by atoms with Gasteiger partial charge in [0.1, 0.15) is 0 Å². The summed E-state index contributed by atoms with van der Waals surface area (Å²) in [6.07, 6.45) is 5.89. The Labute approximate surface area is 75.4 Å². The number of allylic oxidation sites excluding steroid dienone is 1. The highest BCUT2D eigenvalue weighted by molar-refractivity contribution is 5.06. The van der Waals surface area contributed by atoms with Crippen LogP contribution >= 0.6 is 0 Å². The van der Waals surface area contributed by atoms with E-state index in [-0.39, 0.29) is 0 Å². The van der Waals surface area contributed by atoms with Crippen LogP contribution in [0.4, 0.5) is 0 Å². The van der Waals surface area contributed by atoms with Crippen molar-refractivity contribution in [2.24, 2.45) is 5.73 Å². The zero-order valence-electron chi connectivity index (χ0n) is 8.21. The van der Waals surface area contributed by atoms with Crippen molar-refractivity contribution in [3.05, 3.63) is 11.8 Å². The molecule has 12 heavy (non-hydrogen) atoms. The molecule has 1 heterocycles. The molecule has 0 aromatic carbocycles. The quantitative estimate of drug-likeness (QED) is 0.695. The monoisotopic (exact) mass is 168 g/mol. The predicted molar refractivity (Wildman–Crippen MR) is 52.8 cm³/mol. The standard InChI is InChI=1S/C10H20N2/c1-9(2)12-8-4-6-10(12)5-3-7-11/h5,9H,3-4,6-8,11H2,1-2H3/b10-5+. The number of nitrogens with two attached hydrogens (primary N) is 1. The van der Waals surface area contributed by atoms with Gasteiger partial charge in [-0.15, -0.1) is 0 Å². The molecular formula is C10H20N2. The first-order valence-electron chi connectivity index (χ1n) is 4.91. The van der Waals surface area contributed by atoms with Crippen molar-refractivity contribution in [1.82, 2.24) is 4.90 Å². The summed E-state index contributed by atoms with van der Waals surface area (Å²) in [5, 5.41) is 0. The van der Waals surface area contributed by atoms with E-state index in [0.29, 0.717) is 6.04 Å². The Bertz CT molecular complexity index is 161. The average Bonchev–Trinajstić information content (AvgIpc) is 2.48.